The van der Waals surface area contributed by atoms with Gasteiger partial charge in [-0.2, -0.15) is 0 Å². The van der Waals surface area contributed by atoms with Crippen LogP contribution in [0.5, 0.6) is 5.75 Å². The molecule has 0 unspecified atom stereocenters. The number of hydrogen-bond donors (Lipinski definition) is 5. The van der Waals surface area contributed by atoms with E-state index in [4.69, 9.17) is 5.73 Å². The van der Waals surface area contributed by atoms with Crippen LogP contribution in [0, 0.1) is 17.7 Å². The number of likely N-dealkylation sites (N-methyl/N-ethyl adjacent to an activating group) is 1. The number of amides is 1. The highest BCUT2D eigenvalue weighted by atomic mass is 19.1. The summed E-state index contributed by atoms with van der Waals surface area (Å²) in [6.45, 7) is 5.01. The summed E-state index contributed by atoms with van der Waals surface area (Å²) in [5.41, 5.74) is 1.35. The van der Waals surface area contributed by atoms with E-state index in [0.29, 0.717) is 6.54 Å². The molecule has 6 N–H and O–H groups in total. The topological polar surface area (TPSA) is 165 Å². The number of carbonyl (C=O) groups is 3. The van der Waals surface area contributed by atoms with E-state index >= 15 is 4.39 Å². The second-order valence-corrected chi connectivity index (χ2v) is 11.7. The fourth-order valence-corrected chi connectivity index (χ4v) is 6.86. The molecular weight excluding hydrogens is 509 g/mol. The Hall–Kier alpha value is -3.28. The molecule has 0 bridgehead atoms. The molecule has 0 aromatic heterocycles. The third-order valence-corrected chi connectivity index (χ3v) is 9.21. The standard InChI is InChI=1S/C28H34FN3O7/c1-5-32(27(2)6-7-27)11-13-10-16(33)18-14(20(13)29)8-12-9-15-21(31(3)4)23(35)19(26(30)38)25(37)28(15,39)24(36)17(12)22(18)34/h10,12,15,21,33,35-36,39H,5-9,11H2,1-4H3,(H2,30,38)/t12-,15-,21-,28-/m0/s1. The SMILES string of the molecule is CCN(Cc1cc(O)c2c(c1F)C[C@H]1C[C@H]3[C@H](N(C)C)C(O)=C(C(N)=O)C(=O)[C@@]3(O)C(O)=C1C2=O)C1(C)CC1. The van der Waals surface area contributed by atoms with Crippen LogP contribution >= 0.6 is 0 Å². The second-order valence-electron chi connectivity index (χ2n) is 11.7. The van der Waals surface area contributed by atoms with Crippen molar-refractivity contribution in [2.45, 2.75) is 63.3 Å². The van der Waals surface area contributed by atoms with Crippen molar-refractivity contribution in [3.8, 4) is 5.75 Å². The number of allylic oxidation sites excluding steroid dienone is 1. The fourth-order valence-electron chi connectivity index (χ4n) is 6.86. The lowest BCUT2D eigenvalue weighted by molar-refractivity contribution is -0.148. The van der Waals surface area contributed by atoms with Crippen LogP contribution in [0.15, 0.2) is 28.7 Å². The minimum Gasteiger partial charge on any atom is -0.510 e. The zero-order valence-electron chi connectivity index (χ0n) is 22.4. The number of ketones is 2. The van der Waals surface area contributed by atoms with Crippen molar-refractivity contribution in [1.82, 2.24) is 9.80 Å². The summed E-state index contributed by atoms with van der Waals surface area (Å²) in [5.74, 6) is -8.15. The maximum atomic E-state index is 16.0. The molecule has 1 amide bonds. The lowest BCUT2D eigenvalue weighted by Gasteiger charge is -2.50. The number of carbonyl (C=O) groups excluding carboxylic acids is 3. The van der Waals surface area contributed by atoms with Gasteiger partial charge in [-0.1, -0.05) is 6.92 Å². The summed E-state index contributed by atoms with van der Waals surface area (Å²) in [6.07, 6.45) is 1.81. The summed E-state index contributed by atoms with van der Waals surface area (Å²) < 4.78 is 16.0. The zero-order valence-corrected chi connectivity index (χ0v) is 22.4. The molecule has 5 rings (SSSR count). The third-order valence-electron chi connectivity index (χ3n) is 9.21. The molecule has 210 valence electrons. The van der Waals surface area contributed by atoms with Gasteiger partial charge in [0.2, 0.25) is 5.78 Å². The molecule has 1 fully saturated rings. The number of rotatable bonds is 6. The normalized spacial score (nSPS) is 29.5. The number of aliphatic hydroxyl groups excluding tert-OH is 2. The average molecular weight is 544 g/mol. The smallest absolute Gasteiger partial charge is 0.255 e. The Bertz CT molecular complexity index is 1380. The van der Waals surface area contributed by atoms with Crippen molar-refractivity contribution in [1.29, 1.82) is 0 Å². The van der Waals surface area contributed by atoms with E-state index in [1.165, 1.54) is 11.0 Å². The van der Waals surface area contributed by atoms with Crippen LogP contribution in [0.2, 0.25) is 0 Å². The molecule has 0 radical (unpaired) electrons. The van der Waals surface area contributed by atoms with E-state index < -0.39 is 69.6 Å². The second kappa shape index (κ2) is 8.87. The maximum Gasteiger partial charge on any atom is 0.255 e. The van der Waals surface area contributed by atoms with Gasteiger partial charge in [-0.05, 0) is 65.2 Å². The first-order chi connectivity index (χ1) is 18.2. The molecule has 11 heteroatoms. The Balaban J connectivity index is 1.63. The number of hydrogen-bond acceptors (Lipinski definition) is 9. The van der Waals surface area contributed by atoms with E-state index in [2.05, 4.69) is 11.8 Å². The number of primary amides is 1. The molecule has 4 aliphatic rings. The molecule has 39 heavy (non-hydrogen) atoms. The predicted molar refractivity (Wildman–Crippen MR) is 137 cm³/mol. The summed E-state index contributed by atoms with van der Waals surface area (Å²) in [5, 5.41) is 44.6. The van der Waals surface area contributed by atoms with Crippen LogP contribution in [0.3, 0.4) is 0 Å². The summed E-state index contributed by atoms with van der Waals surface area (Å²) in [4.78, 5) is 42.6. The number of aromatic hydroxyl groups is 1. The molecule has 1 saturated carbocycles. The van der Waals surface area contributed by atoms with Gasteiger partial charge in [-0.15, -0.1) is 0 Å². The maximum absolute atomic E-state index is 16.0. The van der Waals surface area contributed by atoms with Gasteiger partial charge < -0.3 is 26.2 Å². The first-order valence-electron chi connectivity index (χ1n) is 13.1. The molecule has 0 aliphatic heterocycles. The van der Waals surface area contributed by atoms with Crippen LogP contribution in [-0.2, 0) is 22.6 Å². The number of phenols is 1. The Kier molecular flexibility index (Phi) is 6.21. The summed E-state index contributed by atoms with van der Waals surface area (Å²) in [7, 11) is 3.11. The number of fused-ring (bicyclic) bond motifs is 3. The van der Waals surface area contributed by atoms with Gasteiger partial charge in [-0.25, -0.2) is 4.39 Å². The quantitative estimate of drug-likeness (QED) is 0.335. The highest BCUT2D eigenvalue weighted by Crippen LogP contribution is 2.52. The van der Waals surface area contributed by atoms with Crippen LogP contribution in [0.4, 0.5) is 4.39 Å². The Morgan fingerprint density at radius 3 is 2.38 bits per heavy atom. The molecule has 0 spiro atoms. The van der Waals surface area contributed by atoms with Crippen molar-refractivity contribution < 1.29 is 39.2 Å². The third kappa shape index (κ3) is 3.74. The van der Waals surface area contributed by atoms with Gasteiger partial charge in [0.05, 0.1) is 11.6 Å². The monoisotopic (exact) mass is 543 g/mol. The van der Waals surface area contributed by atoms with Gasteiger partial charge in [0, 0.05) is 34.7 Å². The number of nitrogens with two attached hydrogens (primary N) is 1. The Labute approximate surface area is 225 Å². The van der Waals surface area contributed by atoms with Crippen molar-refractivity contribution >= 4 is 17.5 Å². The lowest BCUT2D eigenvalue weighted by Crippen LogP contribution is -2.63. The van der Waals surface area contributed by atoms with Gasteiger partial charge >= 0.3 is 0 Å². The van der Waals surface area contributed by atoms with Crippen LogP contribution < -0.4 is 5.73 Å². The van der Waals surface area contributed by atoms with Crippen molar-refractivity contribution in [3.63, 3.8) is 0 Å². The van der Waals surface area contributed by atoms with Crippen LogP contribution in [0.25, 0.3) is 0 Å². The predicted octanol–water partition coefficient (Wildman–Crippen LogP) is 1.63. The number of Topliss-reactive ketones (excluding diaryl/α,β-unsaturated/α-hetero) is 2. The van der Waals surface area contributed by atoms with Crippen molar-refractivity contribution in [3.05, 3.63) is 51.2 Å². The van der Waals surface area contributed by atoms with Crippen molar-refractivity contribution in [2.24, 2.45) is 17.6 Å². The number of nitrogens with zero attached hydrogens (tertiary/aromatic N) is 2. The van der Waals surface area contributed by atoms with Crippen LogP contribution in [0.1, 0.15) is 54.6 Å². The van der Waals surface area contributed by atoms with E-state index in [1.54, 1.807) is 14.1 Å². The minimum absolute atomic E-state index is 0.0140. The number of benzene rings is 1. The van der Waals surface area contributed by atoms with Gasteiger partial charge in [0.15, 0.2) is 11.4 Å². The molecule has 4 atom stereocenters. The zero-order chi connectivity index (χ0) is 28.8. The van der Waals surface area contributed by atoms with Gasteiger partial charge in [-0.3, -0.25) is 24.2 Å². The first kappa shape index (κ1) is 27.3. The van der Waals surface area contributed by atoms with E-state index in [0.717, 1.165) is 12.8 Å². The molecule has 1 aromatic rings. The molecule has 4 aliphatic carbocycles. The van der Waals surface area contributed by atoms with E-state index in [9.17, 15) is 34.8 Å². The number of phenolic OH excluding ortho intramolecular Hbond substituents is 1. The van der Waals surface area contributed by atoms with Gasteiger partial charge in [0.25, 0.3) is 5.91 Å². The molecule has 0 saturated heterocycles. The number of halogens is 1. The molecular formula is C28H34FN3O7. The van der Waals surface area contributed by atoms with E-state index in [1.807, 2.05) is 6.92 Å². The first-order valence-corrected chi connectivity index (χ1v) is 13.1. The van der Waals surface area contributed by atoms with Gasteiger partial charge in [0.1, 0.15) is 28.7 Å². The molecule has 0 heterocycles. The van der Waals surface area contributed by atoms with Crippen LogP contribution in [-0.4, -0.2) is 85.5 Å². The summed E-state index contributed by atoms with van der Waals surface area (Å²) in [6, 6.07) is 0.121. The fraction of sp³-hybridized carbons (Fsp3) is 0.536. The van der Waals surface area contributed by atoms with E-state index in [-0.39, 0.29) is 47.2 Å². The van der Waals surface area contributed by atoms with Crippen molar-refractivity contribution in [2.75, 3.05) is 20.6 Å². The average Bonchev–Trinajstić information content (AvgIpc) is 3.60. The lowest BCUT2D eigenvalue weighted by atomic mass is 9.58. The number of aliphatic hydroxyl groups is 3. The molecule has 1 aromatic carbocycles. The highest BCUT2D eigenvalue weighted by molar-refractivity contribution is 6.24. The Morgan fingerprint density at radius 2 is 1.85 bits per heavy atom. The Morgan fingerprint density at radius 1 is 1.21 bits per heavy atom. The highest BCUT2D eigenvalue weighted by Gasteiger charge is 2.63. The summed E-state index contributed by atoms with van der Waals surface area (Å²) >= 11 is 0. The molecule has 10 nitrogen and oxygen atoms in total. The minimum atomic E-state index is -2.72. The largest absolute Gasteiger partial charge is 0.510 e.